The second kappa shape index (κ2) is 16.7. The minimum Gasteiger partial charge on any atom is -0.310 e. The second-order valence-electron chi connectivity index (χ2n) is 16.1. The number of fused-ring (bicyclic) bond motifs is 3. The Balaban J connectivity index is 1.19. The average Bonchev–Trinajstić information content (AvgIpc) is 3.37. The van der Waals surface area contributed by atoms with Crippen LogP contribution in [-0.2, 0) is 0 Å². The Morgan fingerprint density at radius 2 is 0.635 bits per heavy atom. The van der Waals surface area contributed by atoms with Crippen LogP contribution in [0.5, 0.6) is 0 Å². The van der Waals surface area contributed by atoms with Crippen LogP contribution in [0.25, 0.3) is 88.3 Å². The highest BCUT2D eigenvalue weighted by Crippen LogP contribution is 2.48. The van der Waals surface area contributed by atoms with Crippen LogP contribution in [-0.4, -0.2) is 0 Å². The molecule has 0 atom stereocenters. The van der Waals surface area contributed by atoms with Crippen LogP contribution in [0.4, 0.5) is 17.1 Å². The third-order valence-corrected chi connectivity index (χ3v) is 12.2. The number of para-hydroxylation sites is 1. The van der Waals surface area contributed by atoms with Crippen molar-refractivity contribution in [2.45, 2.75) is 0 Å². The van der Waals surface area contributed by atoms with Gasteiger partial charge in [-0.25, -0.2) is 0 Å². The Bertz CT molecular complexity index is 3300. The van der Waals surface area contributed by atoms with Gasteiger partial charge in [-0.15, -0.1) is 0 Å². The quantitative estimate of drug-likeness (QED) is 0.131. The van der Waals surface area contributed by atoms with E-state index in [0.29, 0.717) is 0 Å². The monoisotopic (exact) mass is 801 g/mol. The van der Waals surface area contributed by atoms with Crippen LogP contribution in [0.3, 0.4) is 0 Å². The molecule has 11 rings (SSSR count). The first-order chi connectivity index (χ1) is 31.3. The maximum absolute atomic E-state index is 2.46. The molecule has 296 valence electrons. The predicted molar refractivity (Wildman–Crippen MR) is 269 cm³/mol. The van der Waals surface area contributed by atoms with Crippen LogP contribution in [0.2, 0.25) is 0 Å². The molecule has 63 heavy (non-hydrogen) atoms. The summed E-state index contributed by atoms with van der Waals surface area (Å²) in [5, 5.41) is 4.96. The number of hydrogen-bond acceptors (Lipinski definition) is 1. The van der Waals surface area contributed by atoms with E-state index in [9.17, 15) is 0 Å². The van der Waals surface area contributed by atoms with Gasteiger partial charge in [0.05, 0.1) is 5.69 Å². The summed E-state index contributed by atoms with van der Waals surface area (Å²) >= 11 is 0. The molecule has 0 fully saturated rings. The zero-order valence-electron chi connectivity index (χ0n) is 34.8. The van der Waals surface area contributed by atoms with Crippen molar-refractivity contribution in [2.75, 3.05) is 4.90 Å². The standard InChI is InChI=1S/C62H43N/c1-6-21-44(22-7-1)49-31-20-32-53(40-49)63(54-41-51(45-23-8-2-9-24-45)39-52(42-54)46-25-10-3-11-26-46)60-36-19-18-33-55(60)50-37-38-57-56-34-16-17-35-58(56)61(47-27-12-4-13-28-47)62(59(57)43-50)48-29-14-5-15-30-48/h1-43H. The molecule has 0 bridgehead atoms. The van der Waals surface area contributed by atoms with Crippen molar-refractivity contribution in [2.24, 2.45) is 0 Å². The van der Waals surface area contributed by atoms with Crippen LogP contribution in [0.15, 0.2) is 261 Å². The van der Waals surface area contributed by atoms with E-state index in [2.05, 4.69) is 266 Å². The molecule has 0 aliphatic rings. The van der Waals surface area contributed by atoms with Crippen molar-refractivity contribution in [1.82, 2.24) is 0 Å². The maximum Gasteiger partial charge on any atom is 0.0540 e. The minimum absolute atomic E-state index is 1.08. The van der Waals surface area contributed by atoms with Crippen molar-refractivity contribution in [3.63, 3.8) is 0 Å². The lowest BCUT2D eigenvalue weighted by molar-refractivity contribution is 1.28. The molecular weight excluding hydrogens is 759 g/mol. The van der Waals surface area contributed by atoms with E-state index in [-0.39, 0.29) is 0 Å². The Kier molecular flexibility index (Phi) is 9.97. The zero-order chi connectivity index (χ0) is 42.0. The Labute approximate surface area is 369 Å². The van der Waals surface area contributed by atoms with E-state index < -0.39 is 0 Å². The number of benzene rings is 11. The maximum atomic E-state index is 2.46. The normalized spacial score (nSPS) is 11.2. The largest absolute Gasteiger partial charge is 0.310 e. The van der Waals surface area contributed by atoms with Gasteiger partial charge in [0.1, 0.15) is 0 Å². The molecular formula is C62H43N. The van der Waals surface area contributed by atoms with E-state index in [0.717, 1.165) is 44.9 Å². The highest BCUT2D eigenvalue weighted by Gasteiger charge is 2.22. The van der Waals surface area contributed by atoms with Crippen LogP contribution in [0, 0.1) is 0 Å². The molecule has 0 unspecified atom stereocenters. The summed E-state index contributed by atoms with van der Waals surface area (Å²) in [7, 11) is 0. The van der Waals surface area contributed by atoms with Gasteiger partial charge in [0.25, 0.3) is 0 Å². The lowest BCUT2D eigenvalue weighted by Gasteiger charge is -2.29. The molecule has 0 amide bonds. The molecule has 0 aliphatic carbocycles. The lowest BCUT2D eigenvalue weighted by Crippen LogP contribution is -2.12. The van der Waals surface area contributed by atoms with Crippen molar-refractivity contribution in [3.8, 4) is 66.8 Å². The first-order valence-electron chi connectivity index (χ1n) is 21.7. The molecule has 1 nitrogen and oxygen atoms in total. The molecule has 11 aromatic carbocycles. The Morgan fingerprint density at radius 3 is 1.22 bits per heavy atom. The third-order valence-electron chi connectivity index (χ3n) is 12.2. The molecule has 0 spiro atoms. The molecule has 0 heterocycles. The molecule has 0 aliphatic heterocycles. The fraction of sp³-hybridized carbons (Fsp3) is 0. The smallest absolute Gasteiger partial charge is 0.0540 e. The van der Waals surface area contributed by atoms with Gasteiger partial charge >= 0.3 is 0 Å². The van der Waals surface area contributed by atoms with Crippen molar-refractivity contribution in [3.05, 3.63) is 261 Å². The van der Waals surface area contributed by atoms with Crippen LogP contribution < -0.4 is 4.90 Å². The van der Waals surface area contributed by atoms with Gasteiger partial charge in [0.15, 0.2) is 0 Å². The van der Waals surface area contributed by atoms with Gasteiger partial charge in [-0.2, -0.15) is 0 Å². The van der Waals surface area contributed by atoms with Gasteiger partial charge in [0, 0.05) is 16.9 Å². The zero-order valence-corrected chi connectivity index (χ0v) is 34.8. The summed E-state index contributed by atoms with van der Waals surface area (Å²) in [6.45, 7) is 0. The van der Waals surface area contributed by atoms with Crippen LogP contribution in [0.1, 0.15) is 0 Å². The minimum atomic E-state index is 1.08. The third kappa shape index (κ3) is 7.26. The summed E-state index contributed by atoms with van der Waals surface area (Å²) in [6, 6.07) is 94.8. The Morgan fingerprint density at radius 1 is 0.206 bits per heavy atom. The summed E-state index contributed by atoms with van der Waals surface area (Å²) in [5.41, 5.74) is 17.5. The van der Waals surface area contributed by atoms with Gasteiger partial charge in [-0.3, -0.25) is 0 Å². The summed E-state index contributed by atoms with van der Waals surface area (Å²) < 4.78 is 0. The number of hydrogen-bond donors (Lipinski definition) is 0. The van der Waals surface area contributed by atoms with Gasteiger partial charge in [-0.1, -0.05) is 218 Å². The fourth-order valence-electron chi connectivity index (χ4n) is 9.30. The number of rotatable bonds is 9. The highest BCUT2D eigenvalue weighted by atomic mass is 15.1. The van der Waals surface area contributed by atoms with E-state index in [4.69, 9.17) is 0 Å². The van der Waals surface area contributed by atoms with Crippen molar-refractivity contribution in [1.29, 1.82) is 0 Å². The molecule has 0 radical (unpaired) electrons. The highest BCUT2D eigenvalue weighted by molar-refractivity contribution is 6.22. The van der Waals surface area contributed by atoms with Gasteiger partial charge in [0.2, 0.25) is 0 Å². The topological polar surface area (TPSA) is 3.24 Å². The summed E-state index contributed by atoms with van der Waals surface area (Å²) in [6.07, 6.45) is 0. The number of nitrogens with zero attached hydrogens (tertiary/aromatic N) is 1. The van der Waals surface area contributed by atoms with E-state index >= 15 is 0 Å². The van der Waals surface area contributed by atoms with Crippen LogP contribution >= 0.6 is 0 Å². The molecule has 0 N–H and O–H groups in total. The van der Waals surface area contributed by atoms with Gasteiger partial charge < -0.3 is 4.90 Å². The summed E-state index contributed by atoms with van der Waals surface area (Å²) in [5.74, 6) is 0. The predicted octanol–water partition coefficient (Wildman–Crippen LogP) is 17.5. The van der Waals surface area contributed by atoms with E-state index in [1.807, 2.05) is 0 Å². The lowest BCUT2D eigenvalue weighted by atomic mass is 9.84. The fourth-order valence-corrected chi connectivity index (χ4v) is 9.30. The summed E-state index contributed by atoms with van der Waals surface area (Å²) in [4.78, 5) is 2.46. The first kappa shape index (κ1) is 37.7. The molecule has 11 aromatic rings. The van der Waals surface area contributed by atoms with Crippen molar-refractivity contribution >= 4 is 38.6 Å². The SMILES string of the molecule is c1ccc(-c2cccc(N(c3cc(-c4ccccc4)cc(-c4ccccc4)c3)c3ccccc3-c3ccc4c(c3)c(-c3ccccc3)c(-c3ccccc3)c3ccccc34)c2)cc1. The van der Waals surface area contributed by atoms with E-state index in [1.54, 1.807) is 0 Å². The molecule has 0 saturated heterocycles. The second-order valence-corrected chi connectivity index (χ2v) is 16.1. The average molecular weight is 802 g/mol. The Hall–Kier alpha value is -8.26. The molecule has 1 heteroatoms. The molecule has 0 aromatic heterocycles. The molecule has 0 saturated carbocycles. The first-order valence-corrected chi connectivity index (χ1v) is 21.7. The van der Waals surface area contributed by atoms with Crippen molar-refractivity contribution < 1.29 is 0 Å². The van der Waals surface area contributed by atoms with E-state index in [1.165, 1.54) is 60.5 Å². The van der Waals surface area contributed by atoms with Gasteiger partial charge in [-0.05, 0) is 125 Å². The number of anilines is 3.